The minimum absolute atomic E-state index is 0.278. The number of carbonyl (C=O) groups excluding carboxylic acids is 1. The van der Waals surface area contributed by atoms with Crippen molar-refractivity contribution in [3.05, 3.63) is 18.6 Å². The van der Waals surface area contributed by atoms with E-state index in [0.717, 1.165) is 0 Å². The number of rotatable bonds is 3. The second-order valence-corrected chi connectivity index (χ2v) is 2.52. The molecular weight excluding hydrogens is 158 g/mol. The zero-order valence-electron chi connectivity index (χ0n) is 6.82. The van der Waals surface area contributed by atoms with E-state index in [4.69, 9.17) is 14.9 Å². The summed E-state index contributed by atoms with van der Waals surface area (Å²) in [5, 5.41) is 0. The monoisotopic (exact) mass is 169 g/mol. The molecule has 0 aliphatic carbocycles. The molecule has 4 nitrogen and oxygen atoms in total. The third-order valence-electron chi connectivity index (χ3n) is 1.47. The van der Waals surface area contributed by atoms with E-state index in [-0.39, 0.29) is 18.4 Å². The van der Waals surface area contributed by atoms with E-state index < -0.39 is 0 Å². The molecule has 0 aromatic carbocycles. The fraction of sp³-hybridized carbons (Fsp3) is 0.375. The van der Waals surface area contributed by atoms with Gasteiger partial charge in [-0.1, -0.05) is 6.92 Å². The van der Waals surface area contributed by atoms with E-state index in [1.807, 2.05) is 0 Å². The fourth-order valence-corrected chi connectivity index (χ4v) is 0.623. The van der Waals surface area contributed by atoms with E-state index in [0.29, 0.717) is 5.75 Å². The lowest BCUT2D eigenvalue weighted by molar-refractivity contribution is -0.138. The average molecular weight is 169 g/mol. The molecule has 0 aliphatic rings. The molecule has 0 bridgehead atoms. The van der Waals surface area contributed by atoms with Crippen LogP contribution in [0.3, 0.4) is 0 Å². The Morgan fingerprint density at radius 2 is 2.58 bits per heavy atom. The summed E-state index contributed by atoms with van der Waals surface area (Å²) in [6.45, 7) is 2.00. The van der Waals surface area contributed by atoms with Crippen molar-refractivity contribution >= 4 is 5.97 Å². The Morgan fingerprint density at radius 1 is 1.83 bits per heavy atom. The molecule has 2 N–H and O–H groups in total. The SMILES string of the molecule is CC(CN)C(=O)Oc1ccoc1. The Morgan fingerprint density at radius 3 is 3.08 bits per heavy atom. The molecule has 1 rings (SSSR count). The maximum absolute atomic E-state index is 11.1. The lowest BCUT2D eigenvalue weighted by Gasteiger charge is -2.05. The van der Waals surface area contributed by atoms with Crippen LogP contribution < -0.4 is 10.5 Å². The molecule has 1 unspecified atom stereocenters. The summed E-state index contributed by atoms with van der Waals surface area (Å²) in [6, 6.07) is 1.57. The zero-order chi connectivity index (χ0) is 8.97. The van der Waals surface area contributed by atoms with Crippen LogP contribution in [0.25, 0.3) is 0 Å². The molecule has 0 amide bonds. The number of hydrogen-bond donors (Lipinski definition) is 1. The second-order valence-electron chi connectivity index (χ2n) is 2.52. The third-order valence-corrected chi connectivity index (χ3v) is 1.47. The summed E-state index contributed by atoms with van der Waals surface area (Å²) in [5.41, 5.74) is 5.28. The summed E-state index contributed by atoms with van der Waals surface area (Å²) in [5.74, 6) is -0.195. The van der Waals surface area contributed by atoms with Crippen LogP contribution >= 0.6 is 0 Å². The van der Waals surface area contributed by atoms with Gasteiger partial charge in [-0.15, -0.1) is 0 Å². The Balaban J connectivity index is 2.47. The molecule has 0 saturated heterocycles. The van der Waals surface area contributed by atoms with E-state index in [1.165, 1.54) is 12.5 Å². The van der Waals surface area contributed by atoms with Gasteiger partial charge in [0, 0.05) is 12.6 Å². The van der Waals surface area contributed by atoms with Crippen molar-refractivity contribution in [2.24, 2.45) is 11.7 Å². The molecule has 66 valence electrons. The van der Waals surface area contributed by atoms with Crippen LogP contribution in [-0.2, 0) is 4.79 Å². The lowest BCUT2D eigenvalue weighted by Crippen LogP contribution is -2.24. The summed E-state index contributed by atoms with van der Waals surface area (Å²) in [7, 11) is 0. The molecule has 1 heterocycles. The number of esters is 1. The van der Waals surface area contributed by atoms with Crippen LogP contribution in [0.1, 0.15) is 6.92 Å². The van der Waals surface area contributed by atoms with Gasteiger partial charge in [0.25, 0.3) is 0 Å². The Bertz CT molecular complexity index is 243. The summed E-state index contributed by atoms with van der Waals surface area (Å²) >= 11 is 0. The highest BCUT2D eigenvalue weighted by molar-refractivity contribution is 5.74. The van der Waals surface area contributed by atoms with Crippen molar-refractivity contribution in [2.45, 2.75) is 6.92 Å². The van der Waals surface area contributed by atoms with E-state index in [9.17, 15) is 4.79 Å². The predicted molar refractivity (Wildman–Crippen MR) is 42.6 cm³/mol. The first-order valence-corrected chi connectivity index (χ1v) is 3.68. The van der Waals surface area contributed by atoms with Gasteiger partial charge in [0.1, 0.15) is 6.26 Å². The fourth-order valence-electron chi connectivity index (χ4n) is 0.623. The number of nitrogens with two attached hydrogens (primary N) is 1. The number of hydrogen-bond acceptors (Lipinski definition) is 4. The van der Waals surface area contributed by atoms with Gasteiger partial charge >= 0.3 is 5.97 Å². The van der Waals surface area contributed by atoms with Crippen molar-refractivity contribution in [1.29, 1.82) is 0 Å². The Labute approximate surface area is 70.3 Å². The molecule has 1 aromatic rings. The van der Waals surface area contributed by atoms with Crippen molar-refractivity contribution in [2.75, 3.05) is 6.54 Å². The topological polar surface area (TPSA) is 65.5 Å². The normalized spacial score (nSPS) is 12.5. The maximum Gasteiger partial charge on any atom is 0.315 e. The van der Waals surface area contributed by atoms with Crippen molar-refractivity contribution in [3.8, 4) is 5.75 Å². The molecule has 0 radical (unpaired) electrons. The maximum atomic E-state index is 11.1. The van der Waals surface area contributed by atoms with Gasteiger partial charge in [0.05, 0.1) is 12.2 Å². The first-order chi connectivity index (χ1) is 5.74. The van der Waals surface area contributed by atoms with Gasteiger partial charge in [-0.2, -0.15) is 0 Å². The van der Waals surface area contributed by atoms with Crippen LogP contribution in [0.15, 0.2) is 23.0 Å². The van der Waals surface area contributed by atoms with Gasteiger partial charge in [0.15, 0.2) is 5.75 Å². The smallest absolute Gasteiger partial charge is 0.315 e. The first-order valence-electron chi connectivity index (χ1n) is 3.68. The highest BCUT2D eigenvalue weighted by Crippen LogP contribution is 2.11. The predicted octanol–water partition coefficient (Wildman–Crippen LogP) is 0.780. The lowest BCUT2D eigenvalue weighted by atomic mass is 10.2. The van der Waals surface area contributed by atoms with Crippen LogP contribution in [-0.4, -0.2) is 12.5 Å². The molecule has 0 saturated carbocycles. The highest BCUT2D eigenvalue weighted by atomic mass is 16.5. The van der Waals surface area contributed by atoms with Crippen LogP contribution in [0.5, 0.6) is 5.75 Å². The molecular formula is C8H11NO3. The Hall–Kier alpha value is -1.29. The van der Waals surface area contributed by atoms with E-state index in [1.54, 1.807) is 13.0 Å². The molecule has 1 aromatic heterocycles. The van der Waals surface area contributed by atoms with Crippen molar-refractivity contribution in [1.82, 2.24) is 0 Å². The van der Waals surface area contributed by atoms with Gasteiger partial charge in [-0.05, 0) is 0 Å². The summed E-state index contributed by atoms with van der Waals surface area (Å²) in [4.78, 5) is 11.1. The largest absolute Gasteiger partial charge is 0.469 e. The van der Waals surface area contributed by atoms with E-state index in [2.05, 4.69) is 0 Å². The second kappa shape index (κ2) is 3.92. The first kappa shape index (κ1) is 8.80. The molecule has 1 atom stereocenters. The average Bonchev–Trinajstić information content (AvgIpc) is 2.55. The Kier molecular flexibility index (Phi) is 2.88. The van der Waals surface area contributed by atoms with Crippen molar-refractivity contribution < 1.29 is 13.9 Å². The van der Waals surface area contributed by atoms with Crippen LogP contribution in [0, 0.1) is 5.92 Å². The third kappa shape index (κ3) is 2.10. The number of ether oxygens (including phenoxy) is 1. The zero-order valence-corrected chi connectivity index (χ0v) is 6.82. The minimum Gasteiger partial charge on any atom is -0.469 e. The minimum atomic E-state index is -0.334. The molecule has 0 spiro atoms. The standard InChI is InChI=1S/C8H11NO3/c1-6(4-9)8(10)12-7-2-3-11-5-7/h2-3,5-6H,4,9H2,1H3. The van der Waals surface area contributed by atoms with Gasteiger partial charge in [0.2, 0.25) is 0 Å². The van der Waals surface area contributed by atoms with E-state index >= 15 is 0 Å². The highest BCUT2D eigenvalue weighted by Gasteiger charge is 2.13. The van der Waals surface area contributed by atoms with Gasteiger partial charge in [-0.3, -0.25) is 4.79 Å². The van der Waals surface area contributed by atoms with Crippen LogP contribution in [0.4, 0.5) is 0 Å². The molecule has 0 fully saturated rings. The summed E-state index contributed by atoms with van der Waals surface area (Å²) < 4.78 is 9.61. The molecule has 0 aliphatic heterocycles. The molecule has 12 heavy (non-hydrogen) atoms. The number of furan rings is 1. The quantitative estimate of drug-likeness (QED) is 0.679. The van der Waals surface area contributed by atoms with Gasteiger partial charge < -0.3 is 14.9 Å². The summed E-state index contributed by atoms with van der Waals surface area (Å²) in [6.07, 6.45) is 2.80. The van der Waals surface area contributed by atoms with Crippen molar-refractivity contribution in [3.63, 3.8) is 0 Å². The number of carbonyl (C=O) groups is 1. The van der Waals surface area contributed by atoms with Gasteiger partial charge in [-0.25, -0.2) is 0 Å². The molecule has 4 heteroatoms. The van der Waals surface area contributed by atoms with Crippen LogP contribution in [0.2, 0.25) is 0 Å².